The molecule has 3 heterocycles. The molecule has 0 fully saturated rings. The molecule has 0 unspecified atom stereocenters. The van der Waals surface area contributed by atoms with Crippen LogP contribution in [0.3, 0.4) is 0 Å². The van der Waals surface area contributed by atoms with Crippen molar-refractivity contribution < 1.29 is 9.59 Å². The molecule has 1 aliphatic heterocycles. The van der Waals surface area contributed by atoms with Gasteiger partial charge in [0, 0.05) is 39.5 Å². The number of thiophene rings is 1. The van der Waals surface area contributed by atoms with E-state index in [0.717, 1.165) is 34.0 Å². The van der Waals surface area contributed by atoms with Gasteiger partial charge in [0.15, 0.2) is 5.78 Å². The first-order chi connectivity index (χ1) is 13.4. The molecule has 2 aromatic heterocycles. The number of aryl methyl sites for hydroxylation is 1. The Labute approximate surface area is 168 Å². The summed E-state index contributed by atoms with van der Waals surface area (Å²) in [4.78, 5) is 31.6. The van der Waals surface area contributed by atoms with E-state index in [0.29, 0.717) is 23.7 Å². The summed E-state index contributed by atoms with van der Waals surface area (Å²) in [7, 11) is 0. The summed E-state index contributed by atoms with van der Waals surface area (Å²) in [5.41, 5.74) is 3.93. The molecule has 5 nitrogen and oxygen atoms in total. The normalized spacial score (nSPS) is 22.0. The van der Waals surface area contributed by atoms with Crippen LogP contribution in [0.5, 0.6) is 0 Å². The first-order valence-electron chi connectivity index (χ1n) is 9.46. The zero-order valence-corrected chi connectivity index (χ0v) is 17.0. The third-order valence-electron chi connectivity index (χ3n) is 5.23. The Balaban J connectivity index is 1.76. The smallest absolute Gasteiger partial charge is 0.255 e. The first-order valence-corrected chi connectivity index (χ1v) is 10.3. The van der Waals surface area contributed by atoms with Crippen LogP contribution in [0.25, 0.3) is 0 Å². The van der Waals surface area contributed by atoms with E-state index in [1.165, 1.54) is 0 Å². The summed E-state index contributed by atoms with van der Waals surface area (Å²) in [6.45, 7) is 5.89. The van der Waals surface area contributed by atoms with Crippen LogP contribution >= 0.6 is 11.3 Å². The number of carbonyl (C=O) groups excluding carboxylic acids is 2. The summed E-state index contributed by atoms with van der Waals surface area (Å²) in [5.74, 6) is 0.396. The highest BCUT2D eigenvalue weighted by Gasteiger charge is 2.40. The first kappa shape index (κ1) is 18.6. The molecule has 28 heavy (non-hydrogen) atoms. The number of carbonyl (C=O) groups is 2. The number of allylic oxidation sites excluding steroid dienone is 3. The summed E-state index contributed by atoms with van der Waals surface area (Å²) < 4.78 is 0. The Bertz CT molecular complexity index is 1000. The van der Waals surface area contributed by atoms with Crippen molar-refractivity contribution >= 4 is 28.8 Å². The fourth-order valence-electron chi connectivity index (χ4n) is 4.07. The van der Waals surface area contributed by atoms with Gasteiger partial charge in [0.2, 0.25) is 0 Å². The summed E-state index contributed by atoms with van der Waals surface area (Å²) >= 11 is 1.58. The molecule has 0 aromatic carbocycles. The highest BCUT2D eigenvalue weighted by molar-refractivity contribution is 7.10. The molecule has 1 aliphatic carbocycles. The summed E-state index contributed by atoms with van der Waals surface area (Å²) in [5, 5.41) is 8.26. The number of ketones is 1. The average molecular weight is 394 g/mol. The van der Waals surface area contributed by atoms with Gasteiger partial charge in [0.05, 0.1) is 5.92 Å². The van der Waals surface area contributed by atoms with Crippen LogP contribution in [0.15, 0.2) is 58.3 Å². The van der Waals surface area contributed by atoms with Crippen molar-refractivity contribution in [3.63, 3.8) is 0 Å². The maximum Gasteiger partial charge on any atom is 0.255 e. The maximum absolute atomic E-state index is 13.3. The van der Waals surface area contributed by atoms with Crippen LogP contribution in [-0.2, 0) is 9.59 Å². The van der Waals surface area contributed by atoms with Gasteiger partial charge in [-0.1, -0.05) is 19.1 Å². The van der Waals surface area contributed by atoms with Gasteiger partial charge in [0.25, 0.3) is 5.91 Å². The second kappa shape index (κ2) is 7.36. The van der Waals surface area contributed by atoms with Crippen LogP contribution < -0.4 is 10.6 Å². The monoisotopic (exact) mass is 393 g/mol. The molecule has 6 heteroatoms. The molecule has 0 radical (unpaired) electrons. The molecule has 4 rings (SSSR count). The van der Waals surface area contributed by atoms with Gasteiger partial charge in [-0.25, -0.2) is 4.98 Å². The number of aromatic nitrogens is 1. The number of dihydropyridines is 1. The lowest BCUT2D eigenvalue weighted by Gasteiger charge is -2.35. The van der Waals surface area contributed by atoms with Gasteiger partial charge in [0.1, 0.15) is 5.82 Å². The highest BCUT2D eigenvalue weighted by Crippen LogP contribution is 2.44. The van der Waals surface area contributed by atoms with E-state index in [1.54, 1.807) is 17.4 Å². The third kappa shape index (κ3) is 3.40. The molecule has 1 amide bonds. The van der Waals surface area contributed by atoms with Gasteiger partial charge in [-0.15, -0.1) is 11.3 Å². The summed E-state index contributed by atoms with van der Waals surface area (Å²) in [6, 6.07) is 9.49. The van der Waals surface area contributed by atoms with Gasteiger partial charge in [-0.3, -0.25) is 9.59 Å². The van der Waals surface area contributed by atoms with E-state index in [1.807, 2.05) is 43.5 Å². The largest absolute Gasteiger partial charge is 0.362 e. The maximum atomic E-state index is 13.3. The molecule has 0 saturated carbocycles. The number of nitrogens with zero attached hydrogens (tertiary/aromatic N) is 1. The lowest BCUT2D eigenvalue weighted by atomic mass is 9.75. The number of nitrogens with one attached hydrogen (secondary N) is 2. The number of pyridine rings is 1. The van der Waals surface area contributed by atoms with Gasteiger partial charge < -0.3 is 10.6 Å². The molecule has 0 bridgehead atoms. The predicted molar refractivity (Wildman–Crippen MR) is 111 cm³/mol. The van der Waals surface area contributed by atoms with Crippen LogP contribution in [0.2, 0.25) is 0 Å². The Hall–Kier alpha value is -2.73. The SMILES string of the molecule is CC1=C(C(=O)Nc2cccc(C)n2)[C@H](c2cccs2)C2=C(C[C@@H](C)CC2=O)N1. The number of amides is 1. The average Bonchev–Trinajstić information content (AvgIpc) is 3.14. The van der Waals surface area contributed by atoms with Gasteiger partial charge >= 0.3 is 0 Å². The van der Waals surface area contributed by atoms with E-state index in [-0.39, 0.29) is 17.6 Å². The van der Waals surface area contributed by atoms with Crippen LogP contribution in [0, 0.1) is 12.8 Å². The minimum Gasteiger partial charge on any atom is -0.362 e. The van der Waals surface area contributed by atoms with Gasteiger partial charge in [-0.2, -0.15) is 0 Å². The van der Waals surface area contributed by atoms with E-state index < -0.39 is 0 Å². The minimum atomic E-state index is -0.332. The molecule has 144 valence electrons. The fraction of sp³-hybridized carbons (Fsp3) is 0.318. The van der Waals surface area contributed by atoms with Crippen molar-refractivity contribution in [1.29, 1.82) is 0 Å². The Morgan fingerprint density at radius 2 is 2.04 bits per heavy atom. The standard InChI is InChI=1S/C22H23N3O2S/c1-12-10-15-20(16(26)11-12)21(17-7-5-9-28-17)19(14(3)24-15)22(27)25-18-8-4-6-13(2)23-18/h4-9,12,21,24H,10-11H2,1-3H3,(H,23,25,27)/t12-,21+/m1/s1. The lowest BCUT2D eigenvalue weighted by Crippen LogP contribution is -2.36. The second-order valence-electron chi connectivity index (χ2n) is 7.56. The van der Waals surface area contributed by atoms with Crippen molar-refractivity contribution in [1.82, 2.24) is 10.3 Å². The van der Waals surface area contributed by atoms with E-state index in [4.69, 9.17) is 0 Å². The van der Waals surface area contributed by atoms with E-state index in [2.05, 4.69) is 22.5 Å². The summed E-state index contributed by atoms with van der Waals surface area (Å²) in [6.07, 6.45) is 1.35. The number of hydrogen-bond donors (Lipinski definition) is 2. The number of anilines is 1. The van der Waals surface area contributed by atoms with Gasteiger partial charge in [-0.05, 0) is 49.8 Å². The Morgan fingerprint density at radius 1 is 1.21 bits per heavy atom. The predicted octanol–water partition coefficient (Wildman–Crippen LogP) is 4.30. The molecule has 0 saturated heterocycles. The Morgan fingerprint density at radius 3 is 2.75 bits per heavy atom. The molecular formula is C22H23N3O2S. The molecule has 2 aromatic rings. The van der Waals surface area contributed by atoms with E-state index in [9.17, 15) is 9.59 Å². The molecule has 2 N–H and O–H groups in total. The fourth-order valence-corrected chi connectivity index (χ4v) is 4.91. The van der Waals surface area contributed by atoms with Crippen LogP contribution in [0.1, 0.15) is 43.2 Å². The zero-order chi connectivity index (χ0) is 19.8. The molecule has 2 atom stereocenters. The second-order valence-corrected chi connectivity index (χ2v) is 8.54. The number of Topliss-reactive ketones (excluding diaryl/α,β-unsaturated/α-hetero) is 1. The quantitative estimate of drug-likeness (QED) is 0.815. The molecule has 2 aliphatic rings. The van der Waals surface area contributed by atoms with E-state index >= 15 is 0 Å². The van der Waals surface area contributed by atoms with Crippen molar-refractivity contribution in [3.05, 3.63) is 68.8 Å². The molecular weight excluding hydrogens is 370 g/mol. The topological polar surface area (TPSA) is 71.1 Å². The van der Waals surface area contributed by atoms with Crippen molar-refractivity contribution in [2.24, 2.45) is 5.92 Å². The zero-order valence-electron chi connectivity index (χ0n) is 16.2. The van der Waals surface area contributed by atoms with Crippen LogP contribution in [0.4, 0.5) is 5.82 Å². The van der Waals surface area contributed by atoms with Crippen molar-refractivity contribution in [2.45, 2.75) is 39.5 Å². The minimum absolute atomic E-state index is 0.131. The number of hydrogen-bond acceptors (Lipinski definition) is 5. The molecule has 0 spiro atoms. The van der Waals surface area contributed by atoms with Crippen LogP contribution in [-0.4, -0.2) is 16.7 Å². The third-order valence-corrected chi connectivity index (χ3v) is 6.17. The highest BCUT2D eigenvalue weighted by atomic mass is 32.1. The number of rotatable bonds is 3. The lowest BCUT2D eigenvalue weighted by molar-refractivity contribution is -0.117. The van der Waals surface area contributed by atoms with Crippen molar-refractivity contribution in [2.75, 3.05) is 5.32 Å². The van der Waals surface area contributed by atoms with Crippen molar-refractivity contribution in [3.8, 4) is 0 Å². The Kier molecular flexibility index (Phi) is 4.89.